The van der Waals surface area contributed by atoms with Gasteiger partial charge in [-0.15, -0.1) is 11.8 Å². The van der Waals surface area contributed by atoms with E-state index in [1.807, 2.05) is 25.0 Å². The zero-order valence-electron chi connectivity index (χ0n) is 12.6. The third-order valence-corrected chi connectivity index (χ3v) is 4.85. The second-order valence-corrected chi connectivity index (χ2v) is 6.62. The molecule has 1 heterocycles. The molecule has 1 atom stereocenters. The molecule has 0 bridgehead atoms. The summed E-state index contributed by atoms with van der Waals surface area (Å²) in [5.74, 6) is 1.94. The lowest BCUT2D eigenvalue weighted by atomic mass is 9.92. The Labute approximate surface area is 130 Å². The Hall–Kier alpha value is -1.39. The normalized spacial score (nSPS) is 17.5. The summed E-state index contributed by atoms with van der Waals surface area (Å²) < 4.78 is 0. The molecule has 1 aliphatic carbocycles. The highest BCUT2D eigenvalue weighted by Crippen LogP contribution is 2.29. The van der Waals surface area contributed by atoms with Crippen molar-refractivity contribution < 1.29 is 0 Å². The molecule has 21 heavy (non-hydrogen) atoms. The van der Waals surface area contributed by atoms with Crippen LogP contribution in [0.4, 0.5) is 0 Å². The minimum atomic E-state index is 0.408. The van der Waals surface area contributed by atoms with Gasteiger partial charge in [0.25, 0.3) is 0 Å². The van der Waals surface area contributed by atoms with Crippen molar-refractivity contribution in [1.82, 2.24) is 15.3 Å². The number of rotatable bonds is 4. The first-order chi connectivity index (χ1) is 10.3. The van der Waals surface area contributed by atoms with Crippen LogP contribution >= 0.6 is 11.8 Å². The molecule has 1 N–H and O–H groups in total. The van der Waals surface area contributed by atoms with Crippen LogP contribution in [-0.2, 0) is 6.42 Å². The van der Waals surface area contributed by atoms with Crippen LogP contribution in [-0.4, -0.2) is 22.8 Å². The highest BCUT2D eigenvalue weighted by Gasteiger charge is 2.20. The Morgan fingerprint density at radius 3 is 2.81 bits per heavy atom. The van der Waals surface area contributed by atoms with Crippen LogP contribution in [0.2, 0.25) is 0 Å². The predicted octanol–water partition coefficient (Wildman–Crippen LogP) is 3.85. The summed E-state index contributed by atoms with van der Waals surface area (Å²) in [5, 5.41) is 3.36. The molecule has 4 heteroatoms. The van der Waals surface area contributed by atoms with E-state index in [1.165, 1.54) is 29.0 Å². The Morgan fingerprint density at radius 2 is 2.10 bits per heavy atom. The summed E-state index contributed by atoms with van der Waals surface area (Å²) in [5.41, 5.74) is 3.58. The van der Waals surface area contributed by atoms with E-state index in [4.69, 9.17) is 4.98 Å². The van der Waals surface area contributed by atoms with Gasteiger partial charge in [-0.25, -0.2) is 9.97 Å². The van der Waals surface area contributed by atoms with Crippen molar-refractivity contribution in [2.45, 2.75) is 37.1 Å². The second kappa shape index (κ2) is 6.58. The lowest BCUT2D eigenvalue weighted by Crippen LogP contribution is -2.22. The fourth-order valence-corrected chi connectivity index (χ4v) is 3.51. The number of nitrogens with zero attached hydrogens (tertiary/aromatic N) is 2. The Morgan fingerprint density at radius 1 is 1.29 bits per heavy atom. The van der Waals surface area contributed by atoms with Crippen molar-refractivity contribution in [3.8, 4) is 11.4 Å². The Bertz CT molecular complexity index is 610. The number of thioether (sulfide) groups is 1. The lowest BCUT2D eigenvalue weighted by molar-refractivity contribution is 0.488. The molecule has 3 nitrogen and oxygen atoms in total. The number of hydrogen-bond donors (Lipinski definition) is 1. The van der Waals surface area contributed by atoms with Gasteiger partial charge in [-0.2, -0.15) is 0 Å². The van der Waals surface area contributed by atoms with Crippen molar-refractivity contribution in [3.63, 3.8) is 0 Å². The molecule has 1 aromatic heterocycles. The molecule has 0 aliphatic heterocycles. The maximum Gasteiger partial charge on any atom is 0.159 e. The summed E-state index contributed by atoms with van der Waals surface area (Å²) in [6.07, 6.45) is 5.44. The highest BCUT2D eigenvalue weighted by molar-refractivity contribution is 7.99. The van der Waals surface area contributed by atoms with Crippen LogP contribution in [0, 0.1) is 0 Å². The molecule has 110 valence electrons. The van der Waals surface area contributed by atoms with Crippen LogP contribution in [0.25, 0.3) is 11.4 Å². The summed E-state index contributed by atoms with van der Waals surface area (Å²) in [6, 6.07) is 8.97. The molecule has 0 amide bonds. The van der Waals surface area contributed by atoms with E-state index in [0.29, 0.717) is 6.04 Å². The topological polar surface area (TPSA) is 37.8 Å². The lowest BCUT2D eigenvalue weighted by Gasteiger charge is -2.24. The van der Waals surface area contributed by atoms with Crippen molar-refractivity contribution in [2.24, 2.45) is 0 Å². The average Bonchev–Trinajstić information content (AvgIpc) is 2.55. The maximum atomic E-state index is 4.80. The molecule has 0 fully saturated rings. The Balaban J connectivity index is 1.89. The quantitative estimate of drug-likeness (QED) is 0.870. The molecule has 3 rings (SSSR count). The molecular formula is C17H21N3S. The number of aryl methyl sites for hydroxylation is 1. The highest BCUT2D eigenvalue weighted by atomic mass is 32.2. The molecule has 0 spiro atoms. The zero-order chi connectivity index (χ0) is 14.7. The van der Waals surface area contributed by atoms with E-state index in [9.17, 15) is 0 Å². The summed E-state index contributed by atoms with van der Waals surface area (Å²) in [7, 11) is 2.01. The SMILES string of the molecule is CCSc1ccc(-c2ncc3c(n2)CCCC3NC)cc1. The van der Waals surface area contributed by atoms with Gasteiger partial charge in [-0.05, 0) is 44.2 Å². The number of fused-ring (bicyclic) bond motifs is 1. The fourth-order valence-electron chi connectivity index (χ4n) is 2.85. The van der Waals surface area contributed by atoms with Crippen molar-refractivity contribution >= 4 is 11.8 Å². The number of nitrogens with one attached hydrogen (secondary N) is 1. The van der Waals surface area contributed by atoms with Gasteiger partial charge in [0.05, 0.1) is 0 Å². The van der Waals surface area contributed by atoms with Gasteiger partial charge in [0.15, 0.2) is 5.82 Å². The maximum absolute atomic E-state index is 4.80. The third-order valence-electron chi connectivity index (χ3n) is 3.95. The molecule has 2 aromatic rings. The molecule has 1 unspecified atom stereocenters. The van der Waals surface area contributed by atoms with Gasteiger partial charge in [-0.1, -0.05) is 19.1 Å². The molecule has 1 aliphatic rings. The summed E-state index contributed by atoms with van der Waals surface area (Å²) in [6.45, 7) is 2.17. The van der Waals surface area contributed by atoms with Crippen LogP contribution in [0.5, 0.6) is 0 Å². The Kier molecular flexibility index (Phi) is 4.56. The second-order valence-electron chi connectivity index (χ2n) is 5.29. The predicted molar refractivity (Wildman–Crippen MR) is 88.6 cm³/mol. The average molecular weight is 299 g/mol. The van der Waals surface area contributed by atoms with Gasteiger partial charge in [0, 0.05) is 34.0 Å². The molecule has 0 saturated carbocycles. The number of hydrogen-bond acceptors (Lipinski definition) is 4. The minimum Gasteiger partial charge on any atom is -0.313 e. The number of benzene rings is 1. The van der Waals surface area contributed by atoms with Crippen LogP contribution in [0.15, 0.2) is 35.4 Å². The first kappa shape index (κ1) is 14.5. The van der Waals surface area contributed by atoms with Crippen LogP contribution in [0.3, 0.4) is 0 Å². The van der Waals surface area contributed by atoms with E-state index in [2.05, 4.69) is 41.5 Å². The number of aromatic nitrogens is 2. The standard InChI is InChI=1S/C17H21N3S/c1-3-21-13-9-7-12(8-10-13)17-19-11-14-15(18-2)5-4-6-16(14)20-17/h7-11,15,18H,3-6H2,1-2H3. The molecule has 0 radical (unpaired) electrons. The molecule has 1 aromatic carbocycles. The molecule has 0 saturated heterocycles. The first-order valence-electron chi connectivity index (χ1n) is 7.58. The first-order valence-corrected chi connectivity index (χ1v) is 8.56. The van der Waals surface area contributed by atoms with E-state index in [1.54, 1.807) is 0 Å². The van der Waals surface area contributed by atoms with Gasteiger partial charge < -0.3 is 5.32 Å². The minimum absolute atomic E-state index is 0.408. The third kappa shape index (κ3) is 3.11. The smallest absolute Gasteiger partial charge is 0.159 e. The van der Waals surface area contributed by atoms with E-state index in [-0.39, 0.29) is 0 Å². The fraction of sp³-hybridized carbons (Fsp3) is 0.412. The largest absolute Gasteiger partial charge is 0.313 e. The van der Waals surface area contributed by atoms with Gasteiger partial charge in [-0.3, -0.25) is 0 Å². The van der Waals surface area contributed by atoms with Crippen molar-refractivity contribution in [2.75, 3.05) is 12.8 Å². The zero-order valence-corrected chi connectivity index (χ0v) is 13.4. The van der Waals surface area contributed by atoms with E-state index in [0.717, 1.165) is 23.6 Å². The van der Waals surface area contributed by atoms with Gasteiger partial charge in [0.2, 0.25) is 0 Å². The van der Waals surface area contributed by atoms with E-state index < -0.39 is 0 Å². The summed E-state index contributed by atoms with van der Waals surface area (Å²) >= 11 is 1.86. The van der Waals surface area contributed by atoms with Gasteiger partial charge in [0.1, 0.15) is 0 Å². The van der Waals surface area contributed by atoms with Crippen LogP contribution < -0.4 is 5.32 Å². The van der Waals surface area contributed by atoms with Gasteiger partial charge >= 0.3 is 0 Å². The van der Waals surface area contributed by atoms with Crippen LogP contribution in [0.1, 0.15) is 37.1 Å². The van der Waals surface area contributed by atoms with Crippen molar-refractivity contribution in [3.05, 3.63) is 41.7 Å². The molecular weight excluding hydrogens is 278 g/mol. The monoisotopic (exact) mass is 299 g/mol. The van der Waals surface area contributed by atoms with E-state index >= 15 is 0 Å². The van der Waals surface area contributed by atoms with Crippen molar-refractivity contribution in [1.29, 1.82) is 0 Å². The summed E-state index contributed by atoms with van der Waals surface area (Å²) in [4.78, 5) is 10.7.